The lowest BCUT2D eigenvalue weighted by Crippen LogP contribution is -2.24. The molecule has 1 amide bonds. The summed E-state index contributed by atoms with van der Waals surface area (Å²) in [4.78, 5) is 12.0. The predicted octanol–water partition coefficient (Wildman–Crippen LogP) is 2.38. The zero-order valence-corrected chi connectivity index (χ0v) is 10.0. The van der Waals surface area contributed by atoms with Crippen molar-refractivity contribution < 1.29 is 4.79 Å². The topological polar surface area (TPSA) is 57.8 Å². The lowest BCUT2D eigenvalue weighted by molar-refractivity contribution is 0.0955. The Morgan fingerprint density at radius 3 is 2.89 bits per heavy atom. The van der Waals surface area contributed by atoms with E-state index < -0.39 is 0 Å². The summed E-state index contributed by atoms with van der Waals surface area (Å²) in [5.41, 5.74) is 2.25. The monoisotopic (exact) mass is 241 g/mol. The molecule has 4 heteroatoms. The number of aromatic nitrogens is 2. The Morgan fingerprint density at radius 2 is 2.17 bits per heavy atom. The lowest BCUT2D eigenvalue weighted by Gasteiger charge is -2.04. The number of nitrogens with zero attached hydrogens (tertiary/aromatic N) is 1. The van der Waals surface area contributed by atoms with Crippen LogP contribution in [0.4, 0.5) is 0 Å². The Kier molecular flexibility index (Phi) is 3.91. The van der Waals surface area contributed by atoms with Crippen molar-refractivity contribution in [2.45, 2.75) is 6.42 Å². The fourth-order valence-electron chi connectivity index (χ4n) is 1.67. The van der Waals surface area contributed by atoms with Crippen LogP contribution < -0.4 is 5.32 Å². The summed E-state index contributed by atoms with van der Waals surface area (Å²) in [5.74, 6) is -0.121. The minimum Gasteiger partial charge on any atom is -0.352 e. The first kappa shape index (κ1) is 12.1. The standard InChI is InChI=1S/C14H15N3O/c1-2-3-9-15-14(18)12-10-16-17-13(12)11-7-5-4-6-8-11/h2,4-8,10H,1,3,9H2,(H,15,18)(H,16,17). The van der Waals surface area contributed by atoms with E-state index in [0.29, 0.717) is 12.1 Å². The first-order valence-electron chi connectivity index (χ1n) is 5.81. The van der Waals surface area contributed by atoms with Crippen molar-refractivity contribution in [1.82, 2.24) is 15.5 Å². The Morgan fingerprint density at radius 1 is 1.39 bits per heavy atom. The maximum atomic E-state index is 12.0. The highest BCUT2D eigenvalue weighted by Gasteiger charge is 2.14. The van der Waals surface area contributed by atoms with Crippen molar-refractivity contribution in [1.29, 1.82) is 0 Å². The predicted molar refractivity (Wildman–Crippen MR) is 71.2 cm³/mol. The molecule has 4 nitrogen and oxygen atoms in total. The summed E-state index contributed by atoms with van der Waals surface area (Å²) in [6, 6.07) is 9.66. The fraction of sp³-hybridized carbons (Fsp3) is 0.143. The fourth-order valence-corrected chi connectivity index (χ4v) is 1.67. The van der Waals surface area contributed by atoms with Gasteiger partial charge in [-0.1, -0.05) is 36.4 Å². The molecule has 92 valence electrons. The smallest absolute Gasteiger partial charge is 0.255 e. The number of hydrogen-bond donors (Lipinski definition) is 2. The number of carbonyl (C=O) groups is 1. The Bertz CT molecular complexity index is 531. The molecule has 0 atom stereocenters. The van der Waals surface area contributed by atoms with E-state index in [4.69, 9.17) is 0 Å². The summed E-state index contributed by atoms with van der Waals surface area (Å²) in [6.45, 7) is 4.20. The average molecular weight is 241 g/mol. The molecule has 1 aromatic heterocycles. The molecule has 0 saturated carbocycles. The molecule has 0 fully saturated rings. The second kappa shape index (κ2) is 5.82. The second-order valence-corrected chi connectivity index (χ2v) is 3.86. The third-order valence-corrected chi connectivity index (χ3v) is 2.58. The summed E-state index contributed by atoms with van der Waals surface area (Å²) < 4.78 is 0. The molecule has 0 bridgehead atoms. The van der Waals surface area contributed by atoms with Gasteiger partial charge in [0.05, 0.1) is 17.5 Å². The van der Waals surface area contributed by atoms with Crippen molar-refractivity contribution in [2.24, 2.45) is 0 Å². The molecule has 0 aliphatic heterocycles. The quantitative estimate of drug-likeness (QED) is 0.623. The van der Waals surface area contributed by atoms with E-state index in [2.05, 4.69) is 22.1 Å². The molecule has 0 unspecified atom stereocenters. The number of rotatable bonds is 5. The van der Waals surface area contributed by atoms with E-state index >= 15 is 0 Å². The maximum absolute atomic E-state index is 12.0. The molecule has 0 aliphatic rings. The molecule has 0 radical (unpaired) electrons. The summed E-state index contributed by atoms with van der Waals surface area (Å²) in [6.07, 6.45) is 4.07. The molecular formula is C14H15N3O. The number of aromatic amines is 1. The van der Waals surface area contributed by atoms with E-state index in [9.17, 15) is 4.79 Å². The van der Waals surface area contributed by atoms with Gasteiger partial charge in [0.25, 0.3) is 5.91 Å². The molecule has 0 saturated heterocycles. The first-order chi connectivity index (χ1) is 8.83. The van der Waals surface area contributed by atoms with Crippen LogP contribution in [0.5, 0.6) is 0 Å². The number of amides is 1. The van der Waals surface area contributed by atoms with Crippen molar-refractivity contribution in [3.63, 3.8) is 0 Å². The van der Waals surface area contributed by atoms with Crippen LogP contribution in [0, 0.1) is 0 Å². The van der Waals surface area contributed by atoms with Gasteiger partial charge in [0.2, 0.25) is 0 Å². The molecule has 2 aromatic rings. The van der Waals surface area contributed by atoms with Gasteiger partial charge in [0, 0.05) is 12.1 Å². The highest BCUT2D eigenvalue weighted by molar-refractivity contribution is 5.99. The van der Waals surface area contributed by atoms with Crippen molar-refractivity contribution in [3.05, 3.63) is 54.7 Å². The molecular weight excluding hydrogens is 226 g/mol. The second-order valence-electron chi connectivity index (χ2n) is 3.86. The van der Waals surface area contributed by atoms with Crippen LogP contribution >= 0.6 is 0 Å². The molecule has 2 rings (SSSR count). The highest BCUT2D eigenvalue weighted by atomic mass is 16.1. The normalized spacial score (nSPS) is 10.0. The van der Waals surface area contributed by atoms with Gasteiger partial charge in [-0.2, -0.15) is 5.10 Å². The van der Waals surface area contributed by atoms with Crippen LogP contribution in [0.25, 0.3) is 11.3 Å². The Hall–Kier alpha value is -2.36. The number of hydrogen-bond acceptors (Lipinski definition) is 2. The van der Waals surface area contributed by atoms with Gasteiger partial charge in [0.15, 0.2) is 0 Å². The van der Waals surface area contributed by atoms with E-state index in [1.54, 1.807) is 12.3 Å². The van der Waals surface area contributed by atoms with Crippen LogP contribution in [0.3, 0.4) is 0 Å². The summed E-state index contributed by atoms with van der Waals surface area (Å²) in [7, 11) is 0. The highest BCUT2D eigenvalue weighted by Crippen LogP contribution is 2.20. The number of benzene rings is 1. The van der Waals surface area contributed by atoms with Gasteiger partial charge in [-0.05, 0) is 6.42 Å². The minimum atomic E-state index is -0.121. The third kappa shape index (κ3) is 2.66. The lowest BCUT2D eigenvalue weighted by atomic mass is 10.1. The minimum absolute atomic E-state index is 0.121. The molecule has 0 spiro atoms. The van der Waals surface area contributed by atoms with Gasteiger partial charge in [0.1, 0.15) is 0 Å². The third-order valence-electron chi connectivity index (χ3n) is 2.58. The van der Waals surface area contributed by atoms with Crippen LogP contribution in [0.1, 0.15) is 16.8 Å². The maximum Gasteiger partial charge on any atom is 0.255 e. The number of H-pyrrole nitrogens is 1. The zero-order valence-electron chi connectivity index (χ0n) is 10.0. The van der Waals surface area contributed by atoms with Crippen molar-refractivity contribution in [2.75, 3.05) is 6.54 Å². The SMILES string of the molecule is C=CCCNC(=O)c1cn[nH]c1-c1ccccc1. The Labute approximate surface area is 106 Å². The number of nitrogens with one attached hydrogen (secondary N) is 2. The summed E-state index contributed by atoms with van der Waals surface area (Å²) in [5, 5.41) is 9.63. The van der Waals surface area contributed by atoms with Crippen LogP contribution in [-0.2, 0) is 0 Å². The van der Waals surface area contributed by atoms with E-state index in [-0.39, 0.29) is 5.91 Å². The van der Waals surface area contributed by atoms with Gasteiger partial charge in [-0.15, -0.1) is 6.58 Å². The van der Waals surface area contributed by atoms with Crippen LogP contribution in [-0.4, -0.2) is 22.6 Å². The molecule has 1 heterocycles. The van der Waals surface area contributed by atoms with E-state index in [1.165, 1.54) is 0 Å². The van der Waals surface area contributed by atoms with E-state index in [1.807, 2.05) is 30.3 Å². The zero-order chi connectivity index (χ0) is 12.8. The van der Waals surface area contributed by atoms with Gasteiger partial charge in [-0.25, -0.2) is 0 Å². The Balaban J connectivity index is 2.18. The van der Waals surface area contributed by atoms with Gasteiger partial charge >= 0.3 is 0 Å². The van der Waals surface area contributed by atoms with Crippen molar-refractivity contribution >= 4 is 5.91 Å². The molecule has 2 N–H and O–H groups in total. The molecule has 0 aliphatic carbocycles. The largest absolute Gasteiger partial charge is 0.352 e. The first-order valence-corrected chi connectivity index (χ1v) is 5.81. The summed E-state index contributed by atoms with van der Waals surface area (Å²) >= 11 is 0. The van der Waals surface area contributed by atoms with E-state index in [0.717, 1.165) is 17.7 Å². The van der Waals surface area contributed by atoms with Gasteiger partial charge < -0.3 is 5.32 Å². The molecule has 18 heavy (non-hydrogen) atoms. The average Bonchev–Trinajstić information content (AvgIpc) is 2.89. The molecule has 1 aromatic carbocycles. The van der Waals surface area contributed by atoms with Gasteiger partial charge in [-0.3, -0.25) is 9.89 Å². The number of carbonyl (C=O) groups excluding carboxylic acids is 1. The van der Waals surface area contributed by atoms with Crippen LogP contribution in [0.2, 0.25) is 0 Å². The van der Waals surface area contributed by atoms with Crippen molar-refractivity contribution in [3.8, 4) is 11.3 Å². The van der Waals surface area contributed by atoms with Crippen LogP contribution in [0.15, 0.2) is 49.2 Å².